The first-order valence-electron chi connectivity index (χ1n) is 10.7. The molecule has 1 aromatic rings. The lowest BCUT2D eigenvalue weighted by Gasteiger charge is -2.21. The molecule has 0 heterocycles. The number of nitrogens with two attached hydrogens (primary N) is 3. The second kappa shape index (κ2) is 14.4. The van der Waals surface area contributed by atoms with Gasteiger partial charge in [-0.1, -0.05) is 12.1 Å². The van der Waals surface area contributed by atoms with E-state index >= 15 is 0 Å². The van der Waals surface area contributed by atoms with Crippen molar-refractivity contribution in [2.24, 2.45) is 17.2 Å². The molecule has 0 spiro atoms. The van der Waals surface area contributed by atoms with Crippen molar-refractivity contribution in [2.45, 2.75) is 50.2 Å². The van der Waals surface area contributed by atoms with Gasteiger partial charge in [0, 0.05) is 0 Å². The van der Waals surface area contributed by atoms with Gasteiger partial charge in [0.05, 0.1) is 19.0 Å². The van der Waals surface area contributed by atoms with Gasteiger partial charge in [0.15, 0.2) is 0 Å². The topological polar surface area (TPSA) is 240 Å². The summed E-state index contributed by atoms with van der Waals surface area (Å²) in [7, 11) is 0. The number of nitrogens with one attached hydrogen (secondary N) is 3. The van der Waals surface area contributed by atoms with E-state index in [0.717, 1.165) is 0 Å². The van der Waals surface area contributed by atoms with Crippen LogP contribution in [0.5, 0.6) is 5.75 Å². The fraction of sp³-hybridized carbons (Fsp3) is 0.476. The molecule has 0 bridgehead atoms. The molecule has 3 unspecified atom stereocenters. The van der Waals surface area contributed by atoms with E-state index in [2.05, 4.69) is 16.0 Å². The minimum Gasteiger partial charge on any atom is -0.508 e. The molecule has 1 rings (SSSR count). The van der Waals surface area contributed by atoms with E-state index < -0.39 is 60.7 Å². The molecule has 0 fully saturated rings. The Morgan fingerprint density at radius 3 is 2.15 bits per heavy atom. The van der Waals surface area contributed by atoms with Crippen molar-refractivity contribution in [1.82, 2.24) is 16.0 Å². The van der Waals surface area contributed by atoms with E-state index in [1.54, 1.807) is 12.1 Å². The molecule has 4 amide bonds. The minimum absolute atomic E-state index is 0.0767. The third-order valence-corrected chi connectivity index (χ3v) is 4.77. The number of hydrogen-bond acceptors (Lipinski definition) is 8. The zero-order valence-electron chi connectivity index (χ0n) is 18.7. The van der Waals surface area contributed by atoms with E-state index in [9.17, 15) is 29.1 Å². The highest BCUT2D eigenvalue weighted by molar-refractivity contribution is 5.93. The van der Waals surface area contributed by atoms with Crippen molar-refractivity contribution in [2.75, 3.05) is 13.1 Å². The van der Waals surface area contributed by atoms with Gasteiger partial charge in [0.1, 0.15) is 17.8 Å². The van der Waals surface area contributed by atoms with Gasteiger partial charge in [0.25, 0.3) is 0 Å². The van der Waals surface area contributed by atoms with Crippen LogP contribution in [-0.4, -0.2) is 71.0 Å². The van der Waals surface area contributed by atoms with Gasteiger partial charge >= 0.3 is 5.97 Å². The first-order chi connectivity index (χ1) is 16.0. The van der Waals surface area contributed by atoms with Crippen molar-refractivity contribution in [3.63, 3.8) is 0 Å². The predicted molar refractivity (Wildman–Crippen MR) is 121 cm³/mol. The van der Waals surface area contributed by atoms with Gasteiger partial charge in [-0.15, -0.1) is 0 Å². The lowest BCUT2D eigenvalue weighted by atomic mass is 10.1. The highest BCUT2D eigenvalue weighted by atomic mass is 16.4. The smallest absolute Gasteiger partial charge is 0.326 e. The first-order valence-corrected chi connectivity index (χ1v) is 10.7. The SMILES string of the molecule is NCCCCC(NC(=O)CNC(=O)C(N)Cc1ccc(O)cc1)C(=O)NC(CC(N)=O)C(=O)O. The summed E-state index contributed by atoms with van der Waals surface area (Å²) >= 11 is 0. The molecule has 13 heteroatoms. The number of amides is 4. The summed E-state index contributed by atoms with van der Waals surface area (Å²) in [6.45, 7) is -0.108. The molecule has 0 aliphatic heterocycles. The molecule has 0 saturated carbocycles. The van der Waals surface area contributed by atoms with Crippen molar-refractivity contribution in [3.05, 3.63) is 29.8 Å². The van der Waals surface area contributed by atoms with Gasteiger partial charge in [-0.25, -0.2) is 4.79 Å². The molecular weight excluding hydrogens is 448 g/mol. The molecule has 0 aliphatic rings. The fourth-order valence-corrected chi connectivity index (χ4v) is 2.96. The van der Waals surface area contributed by atoms with E-state index in [-0.39, 0.29) is 18.6 Å². The Morgan fingerprint density at radius 2 is 1.59 bits per heavy atom. The van der Waals surface area contributed by atoms with E-state index in [1.165, 1.54) is 12.1 Å². The second-order valence-electron chi connectivity index (χ2n) is 7.67. The number of phenolic OH excluding ortho intramolecular Hbond substituents is 1. The van der Waals surface area contributed by atoms with E-state index in [0.29, 0.717) is 24.9 Å². The average molecular weight is 481 g/mol. The maximum Gasteiger partial charge on any atom is 0.326 e. The molecule has 0 aliphatic carbocycles. The molecule has 188 valence electrons. The number of aliphatic carboxylic acids is 1. The van der Waals surface area contributed by atoms with Crippen LogP contribution in [0.4, 0.5) is 0 Å². The molecule has 0 radical (unpaired) electrons. The molecule has 0 saturated heterocycles. The third kappa shape index (κ3) is 10.7. The number of carboxylic acid groups (broad SMARTS) is 1. The number of phenols is 1. The number of hydrogen-bond donors (Lipinski definition) is 8. The third-order valence-electron chi connectivity index (χ3n) is 4.77. The quantitative estimate of drug-likeness (QED) is 0.123. The Morgan fingerprint density at radius 1 is 0.941 bits per heavy atom. The van der Waals surface area contributed by atoms with E-state index in [4.69, 9.17) is 22.3 Å². The Balaban J connectivity index is 2.66. The van der Waals surface area contributed by atoms with Crippen LogP contribution < -0.4 is 33.2 Å². The molecule has 13 nitrogen and oxygen atoms in total. The monoisotopic (exact) mass is 480 g/mol. The highest BCUT2D eigenvalue weighted by Gasteiger charge is 2.27. The van der Waals surface area contributed by atoms with Crippen LogP contribution >= 0.6 is 0 Å². The van der Waals surface area contributed by atoms with Crippen LogP contribution in [-0.2, 0) is 30.4 Å². The van der Waals surface area contributed by atoms with Crippen LogP contribution in [0, 0.1) is 0 Å². The fourth-order valence-electron chi connectivity index (χ4n) is 2.96. The maximum atomic E-state index is 12.5. The summed E-state index contributed by atoms with van der Waals surface area (Å²) in [5, 5.41) is 25.5. The number of primary amides is 1. The summed E-state index contributed by atoms with van der Waals surface area (Å²) in [6, 6.07) is 2.53. The van der Waals surface area contributed by atoms with Crippen LogP contribution in [0.15, 0.2) is 24.3 Å². The zero-order chi connectivity index (χ0) is 25.7. The van der Waals surface area contributed by atoms with Crippen LogP contribution in [0.3, 0.4) is 0 Å². The zero-order valence-corrected chi connectivity index (χ0v) is 18.7. The minimum atomic E-state index is -1.54. The van der Waals surface area contributed by atoms with Crippen LogP contribution in [0.2, 0.25) is 0 Å². The second-order valence-corrected chi connectivity index (χ2v) is 7.67. The summed E-state index contributed by atoms with van der Waals surface area (Å²) < 4.78 is 0. The summed E-state index contributed by atoms with van der Waals surface area (Å²) in [4.78, 5) is 59.4. The number of unbranched alkanes of at least 4 members (excludes halogenated alkanes) is 1. The lowest BCUT2D eigenvalue weighted by Crippen LogP contribution is -2.54. The molecular formula is C21H32N6O7. The number of carbonyl (C=O) groups is 5. The van der Waals surface area contributed by atoms with Gasteiger partial charge in [0.2, 0.25) is 23.6 Å². The largest absolute Gasteiger partial charge is 0.508 e. The van der Waals surface area contributed by atoms with Gasteiger partial charge in [-0.05, 0) is 49.9 Å². The summed E-state index contributed by atoms with van der Waals surface area (Å²) in [6.07, 6.45) is 0.748. The Hall–Kier alpha value is -3.71. The Labute approximate surface area is 196 Å². The summed E-state index contributed by atoms with van der Waals surface area (Å²) in [5.41, 5.74) is 17.0. The Bertz CT molecular complexity index is 862. The predicted octanol–water partition coefficient (Wildman–Crippen LogP) is -2.56. The highest BCUT2D eigenvalue weighted by Crippen LogP contribution is 2.11. The van der Waals surface area contributed by atoms with Crippen molar-refractivity contribution < 1.29 is 34.2 Å². The molecule has 3 atom stereocenters. The van der Waals surface area contributed by atoms with E-state index in [1.807, 2.05) is 0 Å². The summed E-state index contributed by atoms with van der Waals surface area (Å²) in [5.74, 6) is -4.39. The van der Waals surface area contributed by atoms with Crippen molar-refractivity contribution >= 4 is 29.6 Å². The van der Waals surface area contributed by atoms with Gasteiger partial charge < -0.3 is 43.4 Å². The molecule has 0 aromatic heterocycles. The van der Waals surface area contributed by atoms with Crippen molar-refractivity contribution in [3.8, 4) is 5.75 Å². The number of aromatic hydroxyl groups is 1. The number of carbonyl (C=O) groups excluding carboxylic acids is 4. The molecule has 1 aromatic carbocycles. The standard InChI is InChI=1S/C21H32N6O7/c22-8-2-1-3-15(20(32)27-16(21(33)34)10-17(24)29)26-18(30)11-25-19(31)14(23)9-12-4-6-13(28)7-5-12/h4-7,14-16,28H,1-3,8-11,22-23H2,(H2,24,29)(H,25,31)(H,26,30)(H,27,32)(H,33,34). The first kappa shape index (κ1) is 28.3. The molecule has 11 N–H and O–H groups in total. The number of carboxylic acids is 1. The molecule has 34 heavy (non-hydrogen) atoms. The lowest BCUT2D eigenvalue weighted by molar-refractivity contribution is -0.143. The van der Waals surface area contributed by atoms with Crippen LogP contribution in [0.25, 0.3) is 0 Å². The van der Waals surface area contributed by atoms with Crippen LogP contribution in [0.1, 0.15) is 31.2 Å². The van der Waals surface area contributed by atoms with Crippen molar-refractivity contribution in [1.29, 1.82) is 0 Å². The number of rotatable bonds is 15. The average Bonchev–Trinajstić information content (AvgIpc) is 2.77. The number of benzene rings is 1. The van der Waals surface area contributed by atoms with Gasteiger partial charge in [-0.3, -0.25) is 19.2 Å². The normalized spacial score (nSPS) is 13.2. The Kier molecular flexibility index (Phi) is 12.0. The van der Waals surface area contributed by atoms with Gasteiger partial charge in [-0.2, -0.15) is 0 Å². The maximum absolute atomic E-state index is 12.5.